The zero-order valence-corrected chi connectivity index (χ0v) is 14.1. The van der Waals surface area contributed by atoms with E-state index < -0.39 is 5.97 Å². The Kier molecular flexibility index (Phi) is 5.97. The zero-order valence-electron chi connectivity index (χ0n) is 14.1. The van der Waals surface area contributed by atoms with Crippen molar-refractivity contribution in [2.75, 3.05) is 19.7 Å². The Labute approximate surface area is 138 Å². The van der Waals surface area contributed by atoms with Gasteiger partial charge in [0.1, 0.15) is 0 Å². The molecule has 0 saturated carbocycles. The molecule has 0 unspecified atom stereocenters. The van der Waals surface area contributed by atoms with Crippen LogP contribution in [0.3, 0.4) is 0 Å². The Balaban J connectivity index is 1.94. The molecule has 4 nitrogen and oxygen atoms in total. The molecular formula is C19H25NO3. The van der Waals surface area contributed by atoms with Crippen LogP contribution in [0.5, 0.6) is 0 Å². The van der Waals surface area contributed by atoms with E-state index in [0.29, 0.717) is 18.7 Å². The molecule has 1 aromatic carbocycles. The third-order valence-corrected chi connectivity index (χ3v) is 4.11. The van der Waals surface area contributed by atoms with E-state index in [-0.39, 0.29) is 12.5 Å². The third-order valence-electron chi connectivity index (χ3n) is 4.11. The standard InChI is InChI=1S/C19H25NO3/c1-4-20(12-14(2)3)18(21)13-23-19(22)17-10-9-15-7-5-6-8-16(15)11-17/h9-11H,2,4-8,12-13H2,1,3H3. The second-order valence-corrected chi connectivity index (χ2v) is 6.13. The van der Waals surface area contributed by atoms with Gasteiger partial charge in [-0.2, -0.15) is 0 Å². The molecule has 0 heterocycles. The number of esters is 1. The van der Waals surface area contributed by atoms with Gasteiger partial charge in [-0.05, 0) is 62.8 Å². The summed E-state index contributed by atoms with van der Waals surface area (Å²) in [5.74, 6) is -0.625. The maximum absolute atomic E-state index is 12.2. The minimum atomic E-state index is -0.432. The Bertz CT molecular complexity index is 607. The monoisotopic (exact) mass is 315 g/mol. The first-order valence-corrected chi connectivity index (χ1v) is 8.22. The Morgan fingerprint density at radius 2 is 1.91 bits per heavy atom. The normalized spacial score (nSPS) is 13.1. The molecule has 0 radical (unpaired) electrons. The van der Waals surface area contributed by atoms with Crippen molar-refractivity contribution >= 4 is 11.9 Å². The highest BCUT2D eigenvalue weighted by Gasteiger charge is 2.17. The number of hydrogen-bond acceptors (Lipinski definition) is 3. The van der Waals surface area contributed by atoms with Gasteiger partial charge in [-0.15, -0.1) is 0 Å². The second kappa shape index (κ2) is 7.95. The summed E-state index contributed by atoms with van der Waals surface area (Å²) in [5, 5.41) is 0. The highest BCUT2D eigenvalue weighted by atomic mass is 16.5. The van der Waals surface area contributed by atoms with Gasteiger partial charge in [-0.1, -0.05) is 18.2 Å². The van der Waals surface area contributed by atoms with Gasteiger partial charge in [0.25, 0.3) is 5.91 Å². The molecule has 1 aliphatic rings. The molecule has 0 aromatic heterocycles. The van der Waals surface area contributed by atoms with Crippen LogP contribution in [-0.4, -0.2) is 36.5 Å². The molecule has 23 heavy (non-hydrogen) atoms. The zero-order chi connectivity index (χ0) is 16.8. The SMILES string of the molecule is C=C(C)CN(CC)C(=O)COC(=O)c1ccc2c(c1)CCCC2. The maximum atomic E-state index is 12.2. The van der Waals surface area contributed by atoms with Gasteiger partial charge >= 0.3 is 5.97 Å². The van der Waals surface area contributed by atoms with Crippen molar-refractivity contribution in [3.8, 4) is 0 Å². The average molecular weight is 315 g/mol. The molecule has 1 aliphatic carbocycles. The number of ether oxygens (including phenoxy) is 1. The van der Waals surface area contributed by atoms with Crippen molar-refractivity contribution in [1.82, 2.24) is 4.90 Å². The number of nitrogens with zero attached hydrogens (tertiary/aromatic N) is 1. The van der Waals surface area contributed by atoms with Gasteiger partial charge < -0.3 is 9.64 Å². The lowest BCUT2D eigenvalue weighted by atomic mass is 9.90. The Morgan fingerprint density at radius 1 is 1.22 bits per heavy atom. The summed E-state index contributed by atoms with van der Waals surface area (Å²) >= 11 is 0. The van der Waals surface area contributed by atoms with Crippen molar-refractivity contribution < 1.29 is 14.3 Å². The molecule has 1 aromatic rings. The fraction of sp³-hybridized carbons (Fsp3) is 0.474. The predicted octanol–water partition coefficient (Wildman–Crippen LogP) is 3.15. The quantitative estimate of drug-likeness (QED) is 0.598. The van der Waals surface area contributed by atoms with E-state index in [1.54, 1.807) is 11.0 Å². The fourth-order valence-corrected chi connectivity index (χ4v) is 2.86. The number of aryl methyl sites for hydroxylation is 2. The number of rotatable bonds is 6. The van der Waals surface area contributed by atoms with Crippen LogP contribution < -0.4 is 0 Å². The minimum Gasteiger partial charge on any atom is -0.452 e. The van der Waals surface area contributed by atoms with Crippen LogP contribution in [0.2, 0.25) is 0 Å². The van der Waals surface area contributed by atoms with Crippen molar-refractivity contribution in [3.63, 3.8) is 0 Å². The summed E-state index contributed by atoms with van der Waals surface area (Å²) < 4.78 is 5.19. The summed E-state index contributed by atoms with van der Waals surface area (Å²) in [5.41, 5.74) is 3.99. The van der Waals surface area contributed by atoms with Crippen molar-refractivity contribution in [2.24, 2.45) is 0 Å². The van der Waals surface area contributed by atoms with E-state index in [9.17, 15) is 9.59 Å². The molecule has 0 N–H and O–H groups in total. The molecular weight excluding hydrogens is 290 g/mol. The number of hydrogen-bond donors (Lipinski definition) is 0. The van der Waals surface area contributed by atoms with Crippen molar-refractivity contribution in [2.45, 2.75) is 39.5 Å². The number of likely N-dealkylation sites (N-methyl/N-ethyl adjacent to an activating group) is 1. The van der Waals surface area contributed by atoms with Crippen molar-refractivity contribution in [1.29, 1.82) is 0 Å². The van der Waals surface area contributed by atoms with Crippen LogP contribution in [0.1, 0.15) is 48.2 Å². The Morgan fingerprint density at radius 3 is 2.57 bits per heavy atom. The molecule has 1 amide bonds. The van der Waals surface area contributed by atoms with Gasteiger partial charge in [0.05, 0.1) is 5.56 Å². The summed E-state index contributed by atoms with van der Waals surface area (Å²) in [6.07, 6.45) is 4.46. The van der Waals surface area contributed by atoms with Gasteiger partial charge in [0.2, 0.25) is 0 Å². The largest absolute Gasteiger partial charge is 0.452 e. The summed E-state index contributed by atoms with van der Waals surface area (Å²) in [6, 6.07) is 5.71. The van der Waals surface area contributed by atoms with E-state index in [1.807, 2.05) is 26.0 Å². The van der Waals surface area contributed by atoms with E-state index in [4.69, 9.17) is 4.74 Å². The minimum absolute atomic E-state index is 0.193. The average Bonchev–Trinajstić information content (AvgIpc) is 2.56. The summed E-state index contributed by atoms with van der Waals surface area (Å²) in [4.78, 5) is 25.9. The first kappa shape index (κ1) is 17.3. The van der Waals surface area contributed by atoms with Gasteiger partial charge in [-0.25, -0.2) is 4.79 Å². The van der Waals surface area contributed by atoms with Crippen LogP contribution in [-0.2, 0) is 22.4 Å². The molecule has 124 valence electrons. The lowest BCUT2D eigenvalue weighted by Crippen LogP contribution is -2.35. The predicted molar refractivity (Wildman–Crippen MR) is 90.4 cm³/mol. The first-order chi connectivity index (χ1) is 11.0. The highest BCUT2D eigenvalue weighted by Crippen LogP contribution is 2.22. The van der Waals surface area contributed by atoms with Crippen LogP contribution in [0.15, 0.2) is 30.4 Å². The molecule has 0 bridgehead atoms. The molecule has 0 aliphatic heterocycles. The third kappa shape index (κ3) is 4.68. The topological polar surface area (TPSA) is 46.6 Å². The van der Waals surface area contributed by atoms with Crippen LogP contribution >= 0.6 is 0 Å². The number of amides is 1. The number of carbonyl (C=O) groups is 2. The first-order valence-electron chi connectivity index (χ1n) is 8.22. The second-order valence-electron chi connectivity index (χ2n) is 6.13. The molecule has 0 saturated heterocycles. The molecule has 0 atom stereocenters. The number of benzene rings is 1. The lowest BCUT2D eigenvalue weighted by molar-refractivity contribution is -0.133. The van der Waals surface area contributed by atoms with Crippen molar-refractivity contribution in [3.05, 3.63) is 47.0 Å². The lowest BCUT2D eigenvalue weighted by Gasteiger charge is -2.21. The molecule has 4 heteroatoms. The van der Waals surface area contributed by atoms with Crippen LogP contribution in [0.25, 0.3) is 0 Å². The molecule has 2 rings (SSSR count). The molecule has 0 fully saturated rings. The van der Waals surface area contributed by atoms with Gasteiger partial charge in [0, 0.05) is 13.1 Å². The molecule has 0 spiro atoms. The van der Waals surface area contributed by atoms with Crippen LogP contribution in [0.4, 0.5) is 0 Å². The van der Waals surface area contributed by atoms with E-state index >= 15 is 0 Å². The van der Waals surface area contributed by atoms with E-state index in [1.165, 1.54) is 17.5 Å². The smallest absolute Gasteiger partial charge is 0.338 e. The summed E-state index contributed by atoms with van der Waals surface area (Å²) in [7, 11) is 0. The van der Waals surface area contributed by atoms with E-state index in [0.717, 1.165) is 24.8 Å². The number of carbonyl (C=O) groups excluding carboxylic acids is 2. The number of fused-ring (bicyclic) bond motifs is 1. The Hall–Kier alpha value is -2.10. The van der Waals surface area contributed by atoms with Crippen LogP contribution in [0, 0.1) is 0 Å². The van der Waals surface area contributed by atoms with Gasteiger partial charge in [-0.3, -0.25) is 4.79 Å². The van der Waals surface area contributed by atoms with E-state index in [2.05, 4.69) is 6.58 Å². The fourth-order valence-electron chi connectivity index (χ4n) is 2.86. The summed E-state index contributed by atoms with van der Waals surface area (Å²) in [6.45, 7) is 8.41. The van der Waals surface area contributed by atoms with Gasteiger partial charge in [0.15, 0.2) is 6.61 Å². The highest BCUT2D eigenvalue weighted by molar-refractivity contribution is 5.91. The maximum Gasteiger partial charge on any atom is 0.338 e.